The first-order valence-electron chi connectivity index (χ1n) is 7.66. The number of nitrogens with one attached hydrogen (secondary N) is 1. The molecular weight excluding hydrogens is 312 g/mol. The number of hydrogen-bond donors (Lipinski definition) is 1. The van der Waals surface area contributed by atoms with Crippen molar-refractivity contribution in [2.75, 3.05) is 5.43 Å². The van der Waals surface area contributed by atoms with E-state index in [0.29, 0.717) is 0 Å². The lowest BCUT2D eigenvalue weighted by Crippen LogP contribution is -2.29. The van der Waals surface area contributed by atoms with Crippen LogP contribution < -0.4 is 5.43 Å². The quantitative estimate of drug-likeness (QED) is 0.371. The first-order chi connectivity index (χ1) is 11.3. The van der Waals surface area contributed by atoms with E-state index < -0.39 is 9.85 Å². The van der Waals surface area contributed by atoms with Crippen LogP contribution in [0.15, 0.2) is 34.9 Å². The van der Waals surface area contributed by atoms with E-state index in [1.807, 2.05) is 6.92 Å². The molecule has 8 nitrogen and oxygen atoms in total. The fraction of sp³-hybridized carbons (Fsp3) is 0.438. The number of non-ortho nitro benzene ring substituents is 1. The lowest BCUT2D eigenvalue weighted by molar-refractivity contribution is -0.393. The maximum absolute atomic E-state index is 11.1. The Bertz CT molecular complexity index is 742. The van der Waals surface area contributed by atoms with Crippen molar-refractivity contribution in [3.63, 3.8) is 0 Å². The van der Waals surface area contributed by atoms with Gasteiger partial charge in [0, 0.05) is 17.2 Å². The van der Waals surface area contributed by atoms with Gasteiger partial charge in [-0.3, -0.25) is 25.7 Å². The normalized spacial score (nSPS) is 21.1. The molecule has 1 unspecified atom stereocenters. The summed E-state index contributed by atoms with van der Waals surface area (Å²) < 4.78 is 0. The van der Waals surface area contributed by atoms with E-state index in [2.05, 4.69) is 30.5 Å². The molecular formula is C16H20N4O4. The van der Waals surface area contributed by atoms with E-state index in [1.165, 1.54) is 17.7 Å². The van der Waals surface area contributed by atoms with Crippen molar-refractivity contribution in [2.45, 2.75) is 40.0 Å². The molecule has 0 radical (unpaired) electrons. The van der Waals surface area contributed by atoms with Gasteiger partial charge >= 0.3 is 5.69 Å². The van der Waals surface area contributed by atoms with E-state index in [0.717, 1.165) is 31.0 Å². The molecule has 1 N–H and O–H groups in total. The van der Waals surface area contributed by atoms with E-state index >= 15 is 0 Å². The average molecular weight is 332 g/mol. The summed E-state index contributed by atoms with van der Waals surface area (Å²) in [6, 6.07) is 3.45. The first-order valence-corrected chi connectivity index (χ1v) is 7.66. The van der Waals surface area contributed by atoms with Crippen LogP contribution in [0, 0.1) is 25.6 Å². The molecule has 2 rings (SSSR count). The van der Waals surface area contributed by atoms with Crippen molar-refractivity contribution in [3.8, 4) is 0 Å². The highest BCUT2D eigenvalue weighted by molar-refractivity contribution is 5.91. The Labute approximate surface area is 139 Å². The first kappa shape index (κ1) is 17.6. The number of allylic oxidation sites excluding steroid dienone is 2. The van der Waals surface area contributed by atoms with Crippen LogP contribution in [0.4, 0.5) is 17.1 Å². The summed E-state index contributed by atoms with van der Waals surface area (Å²) in [5.74, 6) is 0. The zero-order chi connectivity index (χ0) is 17.9. The van der Waals surface area contributed by atoms with Crippen LogP contribution in [0.2, 0.25) is 0 Å². The third-order valence-electron chi connectivity index (χ3n) is 4.73. The minimum Gasteiger partial charge on any atom is -0.272 e. The highest BCUT2D eigenvalue weighted by Crippen LogP contribution is 2.38. The molecule has 0 heterocycles. The van der Waals surface area contributed by atoms with Crippen LogP contribution in [-0.2, 0) is 0 Å². The Morgan fingerprint density at radius 2 is 2.00 bits per heavy atom. The second kappa shape index (κ2) is 6.77. The number of rotatable bonds is 5. The average Bonchev–Trinajstić information content (AvgIpc) is 2.54. The van der Waals surface area contributed by atoms with Crippen molar-refractivity contribution in [1.82, 2.24) is 0 Å². The summed E-state index contributed by atoms with van der Waals surface area (Å²) in [7, 11) is 0. The smallest absolute Gasteiger partial charge is 0.272 e. The lowest BCUT2D eigenvalue weighted by Gasteiger charge is -2.33. The van der Waals surface area contributed by atoms with Gasteiger partial charge in [-0.05, 0) is 39.2 Å². The molecule has 0 aliphatic heterocycles. The predicted molar refractivity (Wildman–Crippen MR) is 92.2 cm³/mol. The molecule has 1 aliphatic carbocycles. The minimum atomic E-state index is -0.664. The Balaban J connectivity index is 2.31. The van der Waals surface area contributed by atoms with Crippen LogP contribution in [0.1, 0.15) is 40.0 Å². The van der Waals surface area contributed by atoms with E-state index in [1.54, 1.807) is 0 Å². The van der Waals surface area contributed by atoms with Gasteiger partial charge in [0.2, 0.25) is 0 Å². The topological polar surface area (TPSA) is 111 Å². The van der Waals surface area contributed by atoms with Crippen LogP contribution in [0.3, 0.4) is 0 Å². The van der Waals surface area contributed by atoms with E-state index in [-0.39, 0.29) is 22.5 Å². The highest BCUT2D eigenvalue weighted by atomic mass is 16.6. The fourth-order valence-corrected chi connectivity index (χ4v) is 2.81. The third kappa shape index (κ3) is 3.42. The number of nitrogens with zero attached hydrogens (tertiary/aromatic N) is 3. The Morgan fingerprint density at radius 1 is 1.29 bits per heavy atom. The molecule has 0 fully saturated rings. The van der Waals surface area contributed by atoms with Gasteiger partial charge in [-0.15, -0.1) is 0 Å². The Morgan fingerprint density at radius 3 is 2.58 bits per heavy atom. The molecule has 24 heavy (non-hydrogen) atoms. The van der Waals surface area contributed by atoms with Crippen LogP contribution in [-0.4, -0.2) is 15.6 Å². The SMILES string of the molecule is CC1=CCCCC1(C)C(C)=NNc1ccc([N+](=O)[O-])cc1[N+](=O)[O-]. The van der Waals surface area contributed by atoms with Gasteiger partial charge in [0.1, 0.15) is 5.69 Å². The number of nitro benzene ring substituents is 2. The largest absolute Gasteiger partial charge is 0.301 e. The lowest BCUT2D eigenvalue weighted by atomic mass is 9.72. The van der Waals surface area contributed by atoms with Crippen molar-refractivity contribution >= 4 is 22.8 Å². The van der Waals surface area contributed by atoms with Gasteiger partial charge in [-0.2, -0.15) is 5.10 Å². The maximum atomic E-state index is 11.1. The summed E-state index contributed by atoms with van der Waals surface area (Å²) >= 11 is 0. The monoisotopic (exact) mass is 332 g/mol. The van der Waals surface area contributed by atoms with Gasteiger partial charge in [0.15, 0.2) is 0 Å². The standard InChI is InChI=1S/C16H20N4O4/c1-11-6-4-5-9-16(11,3)12(2)17-18-14-8-7-13(19(21)22)10-15(14)20(23)24/h6-8,10,18H,4-5,9H2,1-3H3. The molecule has 0 bridgehead atoms. The second-order valence-corrected chi connectivity index (χ2v) is 6.14. The number of hydrogen-bond acceptors (Lipinski definition) is 6. The molecule has 1 aromatic carbocycles. The summed E-state index contributed by atoms with van der Waals surface area (Å²) in [4.78, 5) is 20.6. The summed E-state index contributed by atoms with van der Waals surface area (Å²) in [5.41, 5.74) is 4.00. The van der Waals surface area contributed by atoms with Gasteiger partial charge in [-0.25, -0.2) is 0 Å². The molecule has 0 amide bonds. The maximum Gasteiger partial charge on any atom is 0.301 e. The van der Waals surface area contributed by atoms with Crippen LogP contribution >= 0.6 is 0 Å². The van der Waals surface area contributed by atoms with Crippen LogP contribution in [0.25, 0.3) is 0 Å². The summed E-state index contributed by atoms with van der Waals surface area (Å²) in [6.07, 6.45) is 5.28. The number of nitro groups is 2. The number of hydrazone groups is 1. The third-order valence-corrected chi connectivity index (χ3v) is 4.73. The molecule has 1 aliphatic rings. The van der Waals surface area contributed by atoms with E-state index in [4.69, 9.17) is 0 Å². The molecule has 1 aromatic rings. The second-order valence-electron chi connectivity index (χ2n) is 6.14. The van der Waals surface area contributed by atoms with E-state index in [9.17, 15) is 20.2 Å². The molecule has 0 aromatic heterocycles. The molecule has 1 atom stereocenters. The van der Waals surface area contributed by atoms with Crippen molar-refractivity contribution < 1.29 is 9.85 Å². The van der Waals surface area contributed by atoms with Gasteiger partial charge in [0.05, 0.1) is 15.9 Å². The van der Waals surface area contributed by atoms with Crippen molar-refractivity contribution in [1.29, 1.82) is 0 Å². The molecule has 0 saturated heterocycles. The number of benzene rings is 1. The molecule has 0 spiro atoms. The highest BCUT2D eigenvalue weighted by Gasteiger charge is 2.31. The van der Waals surface area contributed by atoms with Crippen molar-refractivity contribution in [3.05, 3.63) is 50.1 Å². The zero-order valence-corrected chi connectivity index (χ0v) is 13.9. The van der Waals surface area contributed by atoms with Gasteiger partial charge in [-0.1, -0.05) is 18.6 Å². The minimum absolute atomic E-state index is 0.131. The molecule has 0 saturated carbocycles. The van der Waals surface area contributed by atoms with Gasteiger partial charge in [0.25, 0.3) is 5.69 Å². The Hall–Kier alpha value is -2.77. The Kier molecular flexibility index (Phi) is 4.96. The summed E-state index contributed by atoms with van der Waals surface area (Å²) in [6.45, 7) is 6.04. The molecule has 128 valence electrons. The molecule has 8 heteroatoms. The zero-order valence-electron chi connectivity index (χ0n) is 13.9. The fourth-order valence-electron chi connectivity index (χ4n) is 2.81. The van der Waals surface area contributed by atoms with Crippen LogP contribution in [0.5, 0.6) is 0 Å². The number of anilines is 1. The summed E-state index contributed by atoms with van der Waals surface area (Å²) in [5, 5.41) is 26.2. The van der Waals surface area contributed by atoms with Gasteiger partial charge < -0.3 is 0 Å². The predicted octanol–water partition coefficient (Wildman–Crippen LogP) is 4.43. The van der Waals surface area contributed by atoms with Crippen molar-refractivity contribution in [2.24, 2.45) is 10.5 Å².